The fraction of sp³-hybridized carbons (Fsp3) is 0.350. The van der Waals surface area contributed by atoms with Gasteiger partial charge in [-0.2, -0.15) is 8.42 Å². The van der Waals surface area contributed by atoms with Crippen LogP contribution < -0.4 is 15.6 Å². The smallest absolute Gasteiger partial charge is 0.301 e. The number of aliphatic hydroxyl groups excluding tert-OH is 1. The Morgan fingerprint density at radius 2 is 1.79 bits per heavy atom. The summed E-state index contributed by atoms with van der Waals surface area (Å²) in [7, 11) is -4.32. The van der Waals surface area contributed by atoms with Crippen molar-refractivity contribution in [2.45, 2.75) is 38.0 Å². The number of nitrogens with zero attached hydrogens (tertiary/aromatic N) is 2. The lowest BCUT2D eigenvalue weighted by atomic mass is 9.86. The maximum absolute atomic E-state index is 12.5. The molecule has 0 bridgehead atoms. The van der Waals surface area contributed by atoms with E-state index < -0.39 is 28.0 Å². The number of hydrogen-bond donors (Lipinski definition) is 3. The number of nitrogens with two attached hydrogens (primary N) is 2. The molecular weight excluding hydrogens is 392 g/mol. The van der Waals surface area contributed by atoms with Gasteiger partial charge in [-0.25, -0.2) is 9.44 Å². The second-order valence-electron chi connectivity index (χ2n) is 7.45. The highest BCUT2D eigenvalue weighted by atomic mass is 32.2. The first-order chi connectivity index (χ1) is 13.6. The number of aliphatic imine (C=N–C) groups is 1. The minimum Gasteiger partial charge on any atom is -0.485 e. The van der Waals surface area contributed by atoms with Crippen LogP contribution in [0.15, 0.2) is 59.6 Å². The monoisotopic (exact) mass is 418 g/mol. The molecule has 1 aliphatic rings. The number of hydrogen-bond acceptors (Lipinski definition) is 5. The zero-order chi connectivity index (χ0) is 21.2. The lowest BCUT2D eigenvalue weighted by molar-refractivity contribution is -0.0719. The molecule has 0 radical (unpaired) electrons. The Morgan fingerprint density at radius 1 is 1.17 bits per heavy atom. The van der Waals surface area contributed by atoms with Gasteiger partial charge in [-0.15, -0.1) is 0 Å². The van der Waals surface area contributed by atoms with E-state index in [0.717, 1.165) is 9.87 Å². The van der Waals surface area contributed by atoms with Gasteiger partial charge >= 0.3 is 10.2 Å². The van der Waals surface area contributed by atoms with E-state index in [4.69, 9.17) is 15.6 Å². The fourth-order valence-electron chi connectivity index (χ4n) is 3.41. The molecule has 0 fully saturated rings. The molecule has 0 saturated heterocycles. The van der Waals surface area contributed by atoms with Crippen molar-refractivity contribution in [1.82, 2.24) is 4.31 Å². The molecule has 0 spiro atoms. The van der Waals surface area contributed by atoms with Crippen molar-refractivity contribution in [3.8, 4) is 5.75 Å². The van der Waals surface area contributed by atoms with Crippen LogP contribution in [0.25, 0.3) is 0 Å². The summed E-state index contributed by atoms with van der Waals surface area (Å²) in [5, 5.41) is 16.4. The standard InChI is InChI=1S/C20H26N4O4S/c1-20(2)18(25)17(15-10-6-7-11-16(15)28-20)24(29(22,26)27)19(21)23-13-12-14-8-4-3-5-9-14/h3-11,17-18,25H,12-13H2,1-2H3,(H2,21,23)(H2,22,26,27). The summed E-state index contributed by atoms with van der Waals surface area (Å²) in [6, 6.07) is 15.4. The van der Waals surface area contributed by atoms with Crippen LogP contribution in [0.4, 0.5) is 0 Å². The van der Waals surface area contributed by atoms with Gasteiger partial charge < -0.3 is 15.6 Å². The van der Waals surface area contributed by atoms with Crippen molar-refractivity contribution in [2.24, 2.45) is 15.9 Å². The highest BCUT2D eigenvalue weighted by Gasteiger charge is 2.48. The molecule has 1 heterocycles. The van der Waals surface area contributed by atoms with E-state index in [2.05, 4.69) is 4.99 Å². The third kappa shape index (κ3) is 4.52. The molecule has 156 valence electrons. The van der Waals surface area contributed by atoms with Gasteiger partial charge in [0.1, 0.15) is 23.5 Å². The normalized spacial score (nSPS) is 21.2. The maximum atomic E-state index is 12.5. The van der Waals surface area contributed by atoms with Gasteiger partial charge in [-0.1, -0.05) is 48.5 Å². The lowest BCUT2D eigenvalue weighted by Crippen LogP contribution is -2.58. The first kappa shape index (κ1) is 21.1. The molecule has 0 aliphatic carbocycles. The van der Waals surface area contributed by atoms with Crippen LogP contribution in [0.3, 0.4) is 0 Å². The molecule has 1 aliphatic heterocycles. The minimum atomic E-state index is -4.32. The number of guanidine groups is 1. The lowest BCUT2D eigenvalue weighted by Gasteiger charge is -2.45. The van der Waals surface area contributed by atoms with E-state index in [0.29, 0.717) is 17.7 Å². The van der Waals surface area contributed by atoms with Crippen LogP contribution >= 0.6 is 0 Å². The first-order valence-corrected chi connectivity index (χ1v) is 10.7. The fourth-order valence-corrected chi connectivity index (χ4v) is 4.28. The van der Waals surface area contributed by atoms with E-state index in [1.807, 2.05) is 30.3 Å². The average molecular weight is 419 g/mol. The van der Waals surface area contributed by atoms with Crippen molar-refractivity contribution >= 4 is 16.2 Å². The maximum Gasteiger partial charge on any atom is 0.301 e. The molecule has 2 unspecified atom stereocenters. The molecule has 3 rings (SSSR count). The van der Waals surface area contributed by atoms with Gasteiger partial charge in [0.05, 0.1) is 0 Å². The summed E-state index contributed by atoms with van der Waals surface area (Å²) in [4.78, 5) is 4.23. The zero-order valence-corrected chi connectivity index (χ0v) is 17.2. The number of aliphatic hydroxyl groups is 1. The van der Waals surface area contributed by atoms with E-state index in [1.165, 1.54) is 0 Å². The SMILES string of the molecule is CC1(C)Oc2ccccc2C(N(C(N)=NCCc2ccccc2)S(N)(=O)=O)C1O. The predicted molar refractivity (Wildman–Crippen MR) is 111 cm³/mol. The number of para-hydroxylation sites is 1. The molecule has 0 saturated carbocycles. The second-order valence-corrected chi connectivity index (χ2v) is 8.87. The first-order valence-electron chi connectivity index (χ1n) is 9.23. The summed E-state index contributed by atoms with van der Waals surface area (Å²) < 4.78 is 31.6. The Hall–Kier alpha value is -2.62. The predicted octanol–water partition coefficient (Wildman–Crippen LogP) is 1.32. The van der Waals surface area contributed by atoms with Crippen LogP contribution in [0.2, 0.25) is 0 Å². The van der Waals surface area contributed by atoms with E-state index >= 15 is 0 Å². The second kappa shape index (κ2) is 8.02. The van der Waals surface area contributed by atoms with Crippen LogP contribution in [0.5, 0.6) is 5.75 Å². The van der Waals surface area contributed by atoms with Crippen LogP contribution in [-0.2, 0) is 16.6 Å². The highest BCUT2D eigenvalue weighted by Crippen LogP contribution is 2.43. The van der Waals surface area contributed by atoms with Crippen molar-refractivity contribution in [3.05, 3.63) is 65.7 Å². The Balaban J connectivity index is 1.97. The number of benzene rings is 2. The summed E-state index contributed by atoms with van der Waals surface area (Å²) in [6.07, 6.45) is -0.642. The molecule has 2 aromatic carbocycles. The molecule has 9 heteroatoms. The van der Waals surface area contributed by atoms with Gasteiger partial charge in [0, 0.05) is 12.1 Å². The average Bonchev–Trinajstić information content (AvgIpc) is 2.65. The van der Waals surface area contributed by atoms with E-state index in [-0.39, 0.29) is 12.5 Å². The number of rotatable bonds is 5. The molecule has 5 N–H and O–H groups in total. The summed E-state index contributed by atoms with van der Waals surface area (Å²) in [5.74, 6) is 0.179. The van der Waals surface area contributed by atoms with Crippen LogP contribution in [0, 0.1) is 0 Å². The van der Waals surface area contributed by atoms with E-state index in [9.17, 15) is 13.5 Å². The molecule has 8 nitrogen and oxygen atoms in total. The third-order valence-electron chi connectivity index (χ3n) is 4.89. The van der Waals surface area contributed by atoms with Crippen LogP contribution in [-0.4, -0.2) is 42.0 Å². The Morgan fingerprint density at radius 3 is 2.45 bits per heavy atom. The molecule has 0 amide bonds. The summed E-state index contributed by atoms with van der Waals surface area (Å²) >= 11 is 0. The van der Waals surface area contributed by atoms with E-state index in [1.54, 1.807) is 38.1 Å². The van der Waals surface area contributed by atoms with Crippen molar-refractivity contribution < 1.29 is 18.3 Å². The molecule has 29 heavy (non-hydrogen) atoms. The molecular formula is C20H26N4O4S. The quantitative estimate of drug-likeness (QED) is 0.498. The molecule has 2 atom stereocenters. The Labute approximate surface area is 171 Å². The third-order valence-corrected chi connectivity index (χ3v) is 5.85. The minimum absolute atomic E-state index is 0.270. The molecule has 0 aromatic heterocycles. The number of fused-ring (bicyclic) bond motifs is 1. The zero-order valence-electron chi connectivity index (χ0n) is 16.4. The Bertz CT molecular complexity index is 993. The van der Waals surface area contributed by atoms with Crippen molar-refractivity contribution in [3.63, 3.8) is 0 Å². The number of ether oxygens (including phenoxy) is 1. The van der Waals surface area contributed by atoms with Gasteiger partial charge in [0.15, 0.2) is 0 Å². The Kier molecular flexibility index (Phi) is 5.83. The van der Waals surface area contributed by atoms with Gasteiger partial charge in [-0.3, -0.25) is 4.99 Å². The van der Waals surface area contributed by atoms with Gasteiger partial charge in [0.2, 0.25) is 5.96 Å². The topological polar surface area (TPSA) is 131 Å². The van der Waals surface area contributed by atoms with Crippen LogP contribution in [0.1, 0.15) is 31.0 Å². The molecule has 2 aromatic rings. The largest absolute Gasteiger partial charge is 0.485 e. The highest BCUT2D eigenvalue weighted by molar-refractivity contribution is 7.87. The van der Waals surface area contributed by atoms with Gasteiger partial charge in [-0.05, 0) is 31.9 Å². The van der Waals surface area contributed by atoms with Crippen molar-refractivity contribution in [1.29, 1.82) is 0 Å². The van der Waals surface area contributed by atoms with Crippen molar-refractivity contribution in [2.75, 3.05) is 6.54 Å². The van der Waals surface area contributed by atoms with Gasteiger partial charge in [0.25, 0.3) is 0 Å². The summed E-state index contributed by atoms with van der Waals surface area (Å²) in [5.41, 5.74) is 6.52. The summed E-state index contributed by atoms with van der Waals surface area (Å²) in [6.45, 7) is 3.61.